The predicted octanol–water partition coefficient (Wildman–Crippen LogP) is 2.97. The fourth-order valence-corrected chi connectivity index (χ4v) is 3.71. The Morgan fingerprint density at radius 2 is 2.06 bits per heavy atom. The fourth-order valence-electron chi connectivity index (χ4n) is 1.52. The molecule has 1 aliphatic heterocycles. The molecule has 0 saturated carbocycles. The Bertz CT molecular complexity index is 412. The standard InChI is InChI=1S/C11H14BrFN2S/c1-15-4-6-16(7-5-15)14-11-3-2-9(12)8-10(11)13/h2-3,8H,4-7H2,1H3. The van der Waals surface area contributed by atoms with Crippen LogP contribution in [-0.2, 0) is 10.7 Å². The van der Waals surface area contributed by atoms with E-state index in [1.807, 2.05) is 6.07 Å². The van der Waals surface area contributed by atoms with Crippen molar-refractivity contribution in [2.75, 3.05) is 31.6 Å². The lowest BCUT2D eigenvalue weighted by Crippen LogP contribution is -2.34. The lowest BCUT2D eigenvalue weighted by atomic mass is 10.3. The van der Waals surface area contributed by atoms with Crippen molar-refractivity contribution in [3.8, 4) is 0 Å². The van der Waals surface area contributed by atoms with Crippen LogP contribution < -0.4 is 0 Å². The summed E-state index contributed by atoms with van der Waals surface area (Å²) < 4.78 is 18.8. The van der Waals surface area contributed by atoms with Crippen LogP contribution in [0.4, 0.5) is 10.1 Å². The van der Waals surface area contributed by atoms with Gasteiger partial charge in [-0.2, -0.15) is 0 Å². The van der Waals surface area contributed by atoms with Crippen molar-refractivity contribution in [1.82, 2.24) is 4.90 Å². The zero-order chi connectivity index (χ0) is 11.5. The first-order valence-electron chi connectivity index (χ1n) is 5.18. The minimum atomic E-state index is -0.235. The van der Waals surface area contributed by atoms with Crippen molar-refractivity contribution < 1.29 is 4.39 Å². The summed E-state index contributed by atoms with van der Waals surface area (Å²) in [5.41, 5.74) is 0.496. The van der Waals surface area contributed by atoms with Crippen LogP contribution in [0.3, 0.4) is 0 Å². The second kappa shape index (κ2) is 5.38. The van der Waals surface area contributed by atoms with Gasteiger partial charge in [-0.25, -0.2) is 8.75 Å². The van der Waals surface area contributed by atoms with Crippen molar-refractivity contribution in [3.63, 3.8) is 0 Å². The monoisotopic (exact) mass is 304 g/mol. The Hall–Kier alpha value is -0.260. The third-order valence-electron chi connectivity index (χ3n) is 2.55. The number of halogens is 2. The van der Waals surface area contributed by atoms with Crippen molar-refractivity contribution in [2.24, 2.45) is 4.36 Å². The van der Waals surface area contributed by atoms with E-state index in [2.05, 4.69) is 32.2 Å². The Balaban J connectivity index is 2.16. The van der Waals surface area contributed by atoms with E-state index < -0.39 is 0 Å². The Morgan fingerprint density at radius 1 is 1.38 bits per heavy atom. The van der Waals surface area contributed by atoms with Crippen LogP contribution in [0.2, 0.25) is 0 Å². The molecule has 1 aliphatic rings. The highest BCUT2D eigenvalue weighted by Crippen LogP contribution is 2.23. The molecule has 0 aromatic heterocycles. The third kappa shape index (κ3) is 3.12. The van der Waals surface area contributed by atoms with E-state index in [0.717, 1.165) is 29.1 Å². The molecule has 1 saturated heterocycles. The topological polar surface area (TPSA) is 15.6 Å². The summed E-state index contributed by atoms with van der Waals surface area (Å²) in [5.74, 6) is 1.86. The average molecular weight is 305 g/mol. The summed E-state index contributed by atoms with van der Waals surface area (Å²) in [5, 5.41) is 0. The molecule has 0 unspecified atom stereocenters. The van der Waals surface area contributed by atoms with Gasteiger partial charge < -0.3 is 4.90 Å². The first-order chi connectivity index (χ1) is 7.65. The van der Waals surface area contributed by atoms with Crippen LogP contribution in [0, 0.1) is 5.82 Å². The second-order valence-corrected chi connectivity index (χ2v) is 6.70. The van der Waals surface area contributed by atoms with Crippen LogP contribution >= 0.6 is 15.9 Å². The van der Waals surface area contributed by atoms with Crippen LogP contribution in [0.25, 0.3) is 0 Å². The summed E-state index contributed by atoms with van der Waals surface area (Å²) in [6, 6.07) is 5.05. The van der Waals surface area contributed by atoms with Gasteiger partial charge in [0.15, 0.2) is 5.82 Å². The summed E-state index contributed by atoms with van der Waals surface area (Å²) in [4.78, 5) is 2.29. The van der Waals surface area contributed by atoms with Gasteiger partial charge in [0.25, 0.3) is 0 Å². The molecular weight excluding hydrogens is 291 g/mol. The van der Waals surface area contributed by atoms with Gasteiger partial charge in [-0.1, -0.05) is 26.6 Å². The molecule has 1 aromatic carbocycles. The summed E-state index contributed by atoms with van der Waals surface area (Å²) >= 11 is 3.24. The van der Waals surface area contributed by atoms with Gasteiger partial charge in [0.1, 0.15) is 5.69 Å². The smallest absolute Gasteiger partial charge is 0.150 e. The maximum absolute atomic E-state index is 13.6. The first-order valence-corrected chi connectivity index (χ1v) is 7.49. The van der Waals surface area contributed by atoms with Crippen molar-refractivity contribution in [1.29, 1.82) is 0 Å². The maximum atomic E-state index is 13.6. The molecule has 16 heavy (non-hydrogen) atoms. The third-order valence-corrected chi connectivity index (χ3v) is 4.81. The van der Waals surface area contributed by atoms with Gasteiger partial charge in [0.2, 0.25) is 0 Å². The number of hydrogen-bond donors (Lipinski definition) is 0. The SMILES string of the molecule is CN1CCS(=Nc2ccc(Br)cc2F)CC1. The highest BCUT2D eigenvalue weighted by atomic mass is 79.9. The van der Waals surface area contributed by atoms with Crippen LogP contribution in [0.1, 0.15) is 0 Å². The lowest BCUT2D eigenvalue weighted by molar-refractivity contribution is 0.370. The number of hydrogen-bond acceptors (Lipinski definition) is 2. The molecule has 0 amide bonds. The molecule has 0 N–H and O–H groups in total. The Kier molecular flexibility index (Phi) is 4.10. The molecule has 5 heteroatoms. The van der Waals surface area contributed by atoms with Gasteiger partial charge in [-0.15, -0.1) is 0 Å². The summed E-state index contributed by atoms with van der Waals surface area (Å²) in [7, 11) is 2.11. The quantitative estimate of drug-likeness (QED) is 0.779. The van der Waals surface area contributed by atoms with Gasteiger partial charge in [-0.05, 0) is 25.2 Å². The normalized spacial score (nSPS) is 18.7. The van der Waals surface area contributed by atoms with E-state index in [-0.39, 0.29) is 16.5 Å². The molecule has 0 radical (unpaired) electrons. The molecule has 2 nitrogen and oxygen atoms in total. The zero-order valence-electron chi connectivity index (χ0n) is 9.12. The number of benzene rings is 1. The minimum absolute atomic E-state index is 0.00519. The largest absolute Gasteiger partial charge is 0.305 e. The number of rotatable bonds is 1. The highest BCUT2D eigenvalue weighted by molar-refractivity contribution is 9.10. The zero-order valence-corrected chi connectivity index (χ0v) is 11.5. The molecule has 0 bridgehead atoms. The van der Waals surface area contributed by atoms with Crippen molar-refractivity contribution >= 4 is 32.3 Å². The minimum Gasteiger partial charge on any atom is -0.305 e. The average Bonchev–Trinajstić information content (AvgIpc) is 2.25. The molecule has 0 spiro atoms. The van der Waals surface area contributed by atoms with Gasteiger partial charge in [-0.3, -0.25) is 0 Å². The molecule has 88 valence electrons. The maximum Gasteiger partial charge on any atom is 0.150 e. The van der Waals surface area contributed by atoms with Crippen LogP contribution in [-0.4, -0.2) is 36.5 Å². The van der Waals surface area contributed by atoms with Gasteiger partial charge in [0.05, 0.1) is 0 Å². The Morgan fingerprint density at radius 3 is 2.69 bits per heavy atom. The number of nitrogens with zero attached hydrogens (tertiary/aromatic N) is 2. The molecule has 2 rings (SSSR count). The summed E-state index contributed by atoms with van der Waals surface area (Å²) in [6.45, 7) is 2.12. The molecule has 1 aromatic rings. The second-order valence-electron chi connectivity index (χ2n) is 3.86. The van der Waals surface area contributed by atoms with Crippen LogP contribution in [0.15, 0.2) is 27.0 Å². The fraction of sp³-hybridized carbons (Fsp3) is 0.455. The first kappa shape index (κ1) is 12.2. The molecular formula is C11H14BrFN2S. The predicted molar refractivity (Wildman–Crippen MR) is 70.8 cm³/mol. The Labute approximate surface area is 106 Å². The van der Waals surface area contributed by atoms with Gasteiger partial charge in [0, 0.05) is 29.1 Å². The lowest BCUT2D eigenvalue weighted by Gasteiger charge is -2.23. The van der Waals surface area contributed by atoms with E-state index in [1.165, 1.54) is 6.07 Å². The molecule has 0 atom stereocenters. The van der Waals surface area contributed by atoms with E-state index in [1.54, 1.807) is 6.07 Å². The molecule has 1 fully saturated rings. The summed E-state index contributed by atoms with van der Waals surface area (Å²) in [6.07, 6.45) is 0. The van der Waals surface area contributed by atoms with Gasteiger partial charge >= 0.3 is 0 Å². The highest BCUT2D eigenvalue weighted by Gasteiger charge is 2.10. The van der Waals surface area contributed by atoms with E-state index in [9.17, 15) is 4.39 Å². The van der Waals surface area contributed by atoms with E-state index in [0.29, 0.717) is 5.69 Å². The van der Waals surface area contributed by atoms with E-state index >= 15 is 0 Å². The molecule has 0 aliphatic carbocycles. The molecule has 1 heterocycles. The van der Waals surface area contributed by atoms with Crippen molar-refractivity contribution in [2.45, 2.75) is 0 Å². The van der Waals surface area contributed by atoms with E-state index in [4.69, 9.17) is 0 Å². The van der Waals surface area contributed by atoms with Crippen LogP contribution in [0.5, 0.6) is 0 Å². The van der Waals surface area contributed by atoms with Crippen molar-refractivity contribution in [3.05, 3.63) is 28.5 Å².